The zero-order valence-corrected chi connectivity index (χ0v) is 14.2. The van der Waals surface area contributed by atoms with Crippen molar-refractivity contribution in [3.8, 4) is 0 Å². The molecule has 0 unspecified atom stereocenters. The number of carbonyl (C=O) groups excluding carboxylic acids is 2. The average Bonchev–Trinajstić information content (AvgIpc) is 2.53. The Balaban J connectivity index is 1.80. The quantitative estimate of drug-likeness (QED) is 0.801. The molecule has 126 valence electrons. The minimum atomic E-state index is -0.417. The maximum absolute atomic E-state index is 11.9. The molecule has 3 N–H and O–H groups in total. The number of carbonyl (C=O) groups is 2. The number of amides is 3. The van der Waals surface area contributed by atoms with E-state index in [1.165, 1.54) is 5.56 Å². The van der Waals surface area contributed by atoms with Crippen molar-refractivity contribution in [2.45, 2.75) is 26.2 Å². The molecule has 0 fully saturated rings. The van der Waals surface area contributed by atoms with E-state index in [0.717, 1.165) is 0 Å². The van der Waals surface area contributed by atoms with Gasteiger partial charge >= 0.3 is 6.03 Å². The van der Waals surface area contributed by atoms with Gasteiger partial charge in [0.25, 0.3) is 0 Å². The number of nitrogens with one attached hydrogen (secondary N) is 3. The van der Waals surface area contributed by atoms with Crippen molar-refractivity contribution >= 4 is 23.3 Å². The van der Waals surface area contributed by atoms with Gasteiger partial charge in [-0.15, -0.1) is 0 Å². The minimum absolute atomic E-state index is 0.0691. The molecule has 2 aromatic rings. The molecule has 0 aromatic heterocycles. The predicted molar refractivity (Wildman–Crippen MR) is 97.2 cm³/mol. The Hall–Kier alpha value is -2.82. The van der Waals surface area contributed by atoms with Crippen LogP contribution < -0.4 is 16.0 Å². The Labute approximate surface area is 142 Å². The van der Waals surface area contributed by atoms with Gasteiger partial charge in [-0.3, -0.25) is 4.79 Å². The molecular weight excluding hydrogens is 302 g/mol. The van der Waals surface area contributed by atoms with Crippen molar-refractivity contribution in [1.82, 2.24) is 5.32 Å². The van der Waals surface area contributed by atoms with Crippen LogP contribution in [0.1, 0.15) is 26.3 Å². The first kappa shape index (κ1) is 17.5. The highest BCUT2D eigenvalue weighted by atomic mass is 16.2. The Morgan fingerprint density at radius 1 is 0.833 bits per heavy atom. The molecule has 0 spiro atoms. The normalized spacial score (nSPS) is 10.8. The van der Waals surface area contributed by atoms with E-state index in [1.807, 2.05) is 42.5 Å². The second-order valence-corrected chi connectivity index (χ2v) is 6.55. The van der Waals surface area contributed by atoms with Crippen molar-refractivity contribution in [3.05, 3.63) is 60.2 Å². The van der Waals surface area contributed by atoms with E-state index in [-0.39, 0.29) is 17.9 Å². The monoisotopic (exact) mass is 325 g/mol. The standard InChI is InChI=1S/C19H23N3O2/c1-19(2,3)14-9-11-16(12-10-14)21-17(23)13-20-18(24)22-15-7-5-4-6-8-15/h4-12H,13H2,1-3H3,(H,21,23)(H2,20,22,24). The molecular formula is C19H23N3O2. The summed E-state index contributed by atoms with van der Waals surface area (Å²) in [4.78, 5) is 23.6. The van der Waals surface area contributed by atoms with Gasteiger partial charge in [0, 0.05) is 11.4 Å². The maximum Gasteiger partial charge on any atom is 0.319 e. The molecule has 5 nitrogen and oxygen atoms in total. The summed E-state index contributed by atoms with van der Waals surface area (Å²) in [5.74, 6) is -0.276. The van der Waals surface area contributed by atoms with Crippen molar-refractivity contribution in [2.24, 2.45) is 0 Å². The first-order chi connectivity index (χ1) is 11.3. The van der Waals surface area contributed by atoms with Crippen LogP contribution in [-0.2, 0) is 10.2 Å². The Kier molecular flexibility index (Phi) is 5.58. The van der Waals surface area contributed by atoms with Gasteiger partial charge in [0.15, 0.2) is 0 Å². The van der Waals surface area contributed by atoms with Gasteiger partial charge in [-0.1, -0.05) is 51.1 Å². The fraction of sp³-hybridized carbons (Fsp3) is 0.263. The lowest BCUT2D eigenvalue weighted by Crippen LogP contribution is -2.35. The van der Waals surface area contributed by atoms with E-state index in [2.05, 4.69) is 36.7 Å². The van der Waals surface area contributed by atoms with Crippen molar-refractivity contribution < 1.29 is 9.59 Å². The summed E-state index contributed by atoms with van der Waals surface area (Å²) in [5.41, 5.74) is 2.65. The average molecular weight is 325 g/mol. The van der Waals surface area contributed by atoms with E-state index < -0.39 is 6.03 Å². The van der Waals surface area contributed by atoms with Crippen LogP contribution in [-0.4, -0.2) is 18.5 Å². The summed E-state index contributed by atoms with van der Waals surface area (Å²) in [6.07, 6.45) is 0. The van der Waals surface area contributed by atoms with E-state index in [9.17, 15) is 9.59 Å². The van der Waals surface area contributed by atoms with Crippen molar-refractivity contribution in [2.75, 3.05) is 17.2 Å². The van der Waals surface area contributed by atoms with Crippen LogP contribution in [0.25, 0.3) is 0 Å². The second kappa shape index (κ2) is 7.64. The fourth-order valence-corrected chi connectivity index (χ4v) is 2.12. The van der Waals surface area contributed by atoms with Crippen LogP contribution in [0, 0.1) is 0 Å². The van der Waals surface area contributed by atoms with Crippen molar-refractivity contribution in [1.29, 1.82) is 0 Å². The first-order valence-electron chi connectivity index (χ1n) is 7.85. The van der Waals surface area contributed by atoms with Crippen LogP contribution in [0.15, 0.2) is 54.6 Å². The summed E-state index contributed by atoms with van der Waals surface area (Å²) >= 11 is 0. The molecule has 3 amide bonds. The Bertz CT molecular complexity index is 689. The summed E-state index contributed by atoms with van der Waals surface area (Å²) in [5, 5.41) is 7.94. The molecule has 0 heterocycles. The zero-order valence-electron chi connectivity index (χ0n) is 14.2. The fourth-order valence-electron chi connectivity index (χ4n) is 2.12. The third-order valence-corrected chi connectivity index (χ3v) is 3.48. The molecule has 2 rings (SSSR count). The number of hydrogen-bond acceptors (Lipinski definition) is 2. The SMILES string of the molecule is CC(C)(C)c1ccc(NC(=O)CNC(=O)Nc2ccccc2)cc1. The summed E-state index contributed by atoms with van der Waals surface area (Å²) in [7, 11) is 0. The number of hydrogen-bond donors (Lipinski definition) is 3. The highest BCUT2D eigenvalue weighted by Gasteiger charge is 2.13. The van der Waals surface area contributed by atoms with Gasteiger partial charge < -0.3 is 16.0 Å². The van der Waals surface area contributed by atoms with Crippen LogP contribution in [0.4, 0.5) is 16.2 Å². The summed E-state index contributed by atoms with van der Waals surface area (Å²) in [6.45, 7) is 6.31. The Morgan fingerprint density at radius 2 is 1.42 bits per heavy atom. The molecule has 0 bridgehead atoms. The van der Waals surface area contributed by atoms with Gasteiger partial charge in [0.2, 0.25) is 5.91 Å². The molecule has 0 atom stereocenters. The van der Waals surface area contributed by atoms with Crippen molar-refractivity contribution in [3.63, 3.8) is 0 Å². The molecule has 0 radical (unpaired) electrons. The first-order valence-corrected chi connectivity index (χ1v) is 7.85. The molecule has 0 aliphatic rings. The van der Waals surface area contributed by atoms with Gasteiger partial charge in [0.1, 0.15) is 0 Å². The molecule has 24 heavy (non-hydrogen) atoms. The highest BCUT2D eigenvalue weighted by Crippen LogP contribution is 2.23. The molecule has 0 saturated heterocycles. The molecule has 2 aromatic carbocycles. The lowest BCUT2D eigenvalue weighted by Gasteiger charge is -2.19. The van der Waals surface area contributed by atoms with Gasteiger partial charge in [-0.25, -0.2) is 4.79 Å². The number of para-hydroxylation sites is 1. The lowest BCUT2D eigenvalue weighted by atomic mass is 9.87. The van der Waals surface area contributed by atoms with E-state index >= 15 is 0 Å². The van der Waals surface area contributed by atoms with E-state index in [0.29, 0.717) is 11.4 Å². The number of rotatable bonds is 4. The molecule has 0 saturated carbocycles. The van der Waals surface area contributed by atoms with Gasteiger partial charge in [0.05, 0.1) is 6.54 Å². The van der Waals surface area contributed by atoms with Crippen LogP contribution >= 0.6 is 0 Å². The third kappa shape index (κ3) is 5.43. The molecule has 0 aliphatic carbocycles. The smallest absolute Gasteiger partial charge is 0.319 e. The summed E-state index contributed by atoms with van der Waals surface area (Å²) in [6, 6.07) is 16.3. The zero-order chi connectivity index (χ0) is 17.6. The summed E-state index contributed by atoms with van der Waals surface area (Å²) < 4.78 is 0. The number of urea groups is 1. The largest absolute Gasteiger partial charge is 0.329 e. The Morgan fingerprint density at radius 3 is 2.00 bits per heavy atom. The van der Waals surface area contributed by atoms with Gasteiger partial charge in [-0.2, -0.15) is 0 Å². The second-order valence-electron chi connectivity index (χ2n) is 6.55. The van der Waals surface area contributed by atoms with E-state index in [4.69, 9.17) is 0 Å². The number of anilines is 2. The highest BCUT2D eigenvalue weighted by molar-refractivity contribution is 5.96. The third-order valence-electron chi connectivity index (χ3n) is 3.48. The lowest BCUT2D eigenvalue weighted by molar-refractivity contribution is -0.115. The van der Waals surface area contributed by atoms with Crippen LogP contribution in [0.5, 0.6) is 0 Å². The van der Waals surface area contributed by atoms with Crippen LogP contribution in [0.2, 0.25) is 0 Å². The topological polar surface area (TPSA) is 70.2 Å². The van der Waals surface area contributed by atoms with Gasteiger partial charge in [-0.05, 0) is 35.2 Å². The predicted octanol–water partition coefficient (Wildman–Crippen LogP) is 3.74. The maximum atomic E-state index is 11.9. The molecule has 5 heteroatoms. The van der Waals surface area contributed by atoms with E-state index in [1.54, 1.807) is 12.1 Å². The number of benzene rings is 2. The minimum Gasteiger partial charge on any atom is -0.329 e. The van der Waals surface area contributed by atoms with Crippen LogP contribution in [0.3, 0.4) is 0 Å². The molecule has 0 aliphatic heterocycles.